The zero-order valence-corrected chi connectivity index (χ0v) is 11.6. The SMILES string of the molecule is CN(CCNC(=O)Cc1ccccc1CN)C1CC1. The number of nitrogens with one attached hydrogen (secondary N) is 1. The number of carbonyl (C=O) groups excluding carboxylic acids is 1. The molecule has 1 aromatic rings. The van der Waals surface area contributed by atoms with Crippen molar-refractivity contribution in [1.29, 1.82) is 0 Å². The van der Waals surface area contributed by atoms with E-state index in [0.29, 0.717) is 13.0 Å². The van der Waals surface area contributed by atoms with Crippen molar-refractivity contribution in [3.8, 4) is 0 Å². The Morgan fingerprint density at radius 2 is 2.05 bits per heavy atom. The quantitative estimate of drug-likeness (QED) is 0.766. The zero-order chi connectivity index (χ0) is 13.7. The van der Waals surface area contributed by atoms with Gasteiger partial charge in [-0.15, -0.1) is 0 Å². The number of rotatable bonds is 7. The lowest BCUT2D eigenvalue weighted by Crippen LogP contribution is -2.34. The Kier molecular flexibility index (Phi) is 4.93. The molecule has 4 nitrogen and oxygen atoms in total. The maximum absolute atomic E-state index is 11.9. The number of amides is 1. The first kappa shape index (κ1) is 14.0. The van der Waals surface area contributed by atoms with Gasteiger partial charge < -0.3 is 16.0 Å². The van der Waals surface area contributed by atoms with Crippen LogP contribution in [0, 0.1) is 0 Å². The normalized spacial score (nSPS) is 14.7. The predicted octanol–water partition coefficient (Wildman–Crippen LogP) is 0.898. The van der Waals surface area contributed by atoms with Gasteiger partial charge in [0.2, 0.25) is 5.91 Å². The molecule has 0 unspecified atom stereocenters. The number of hydrogen-bond donors (Lipinski definition) is 2. The molecule has 0 atom stereocenters. The molecule has 1 aliphatic rings. The highest BCUT2D eigenvalue weighted by atomic mass is 16.1. The zero-order valence-electron chi connectivity index (χ0n) is 11.6. The summed E-state index contributed by atoms with van der Waals surface area (Å²) < 4.78 is 0. The van der Waals surface area contributed by atoms with Crippen molar-refractivity contribution in [3.63, 3.8) is 0 Å². The van der Waals surface area contributed by atoms with E-state index in [0.717, 1.165) is 30.3 Å². The minimum atomic E-state index is 0.0742. The van der Waals surface area contributed by atoms with E-state index < -0.39 is 0 Å². The molecule has 0 bridgehead atoms. The van der Waals surface area contributed by atoms with Crippen LogP contribution in [0.5, 0.6) is 0 Å². The molecule has 1 fully saturated rings. The van der Waals surface area contributed by atoms with E-state index in [-0.39, 0.29) is 5.91 Å². The van der Waals surface area contributed by atoms with Gasteiger partial charge >= 0.3 is 0 Å². The fraction of sp³-hybridized carbons (Fsp3) is 0.533. The van der Waals surface area contributed by atoms with Crippen LogP contribution in [0.4, 0.5) is 0 Å². The van der Waals surface area contributed by atoms with Crippen LogP contribution in [0.15, 0.2) is 24.3 Å². The van der Waals surface area contributed by atoms with Gasteiger partial charge in [-0.25, -0.2) is 0 Å². The van der Waals surface area contributed by atoms with Crippen LogP contribution in [-0.4, -0.2) is 37.0 Å². The Morgan fingerprint density at radius 3 is 2.68 bits per heavy atom. The van der Waals surface area contributed by atoms with Crippen molar-refractivity contribution >= 4 is 5.91 Å². The molecule has 0 aliphatic heterocycles. The second-order valence-electron chi connectivity index (χ2n) is 5.21. The number of likely N-dealkylation sites (N-methyl/N-ethyl adjacent to an activating group) is 1. The third-order valence-electron chi connectivity index (χ3n) is 3.65. The fourth-order valence-corrected chi connectivity index (χ4v) is 2.23. The van der Waals surface area contributed by atoms with E-state index in [2.05, 4.69) is 17.3 Å². The fourth-order valence-electron chi connectivity index (χ4n) is 2.23. The molecule has 3 N–H and O–H groups in total. The van der Waals surface area contributed by atoms with E-state index in [1.54, 1.807) is 0 Å². The second-order valence-corrected chi connectivity index (χ2v) is 5.21. The van der Waals surface area contributed by atoms with Gasteiger partial charge in [-0.3, -0.25) is 4.79 Å². The number of nitrogens with two attached hydrogens (primary N) is 1. The molecule has 1 aromatic carbocycles. The van der Waals surface area contributed by atoms with Crippen molar-refractivity contribution in [2.45, 2.75) is 31.8 Å². The summed E-state index contributed by atoms with van der Waals surface area (Å²) in [4.78, 5) is 14.2. The molecule has 0 spiro atoms. The van der Waals surface area contributed by atoms with Crippen molar-refractivity contribution < 1.29 is 4.79 Å². The molecular formula is C15H23N3O. The van der Waals surface area contributed by atoms with Crippen LogP contribution in [0.1, 0.15) is 24.0 Å². The van der Waals surface area contributed by atoms with Crippen LogP contribution in [0.2, 0.25) is 0 Å². The standard InChI is InChI=1S/C15H23N3O/c1-18(14-6-7-14)9-8-17-15(19)10-12-4-2-3-5-13(12)11-16/h2-5,14H,6-11,16H2,1H3,(H,17,19). The largest absolute Gasteiger partial charge is 0.355 e. The van der Waals surface area contributed by atoms with Gasteiger partial charge in [-0.05, 0) is 31.0 Å². The molecular weight excluding hydrogens is 238 g/mol. The molecule has 0 saturated heterocycles. The highest BCUT2D eigenvalue weighted by molar-refractivity contribution is 5.78. The Hall–Kier alpha value is -1.39. The third kappa shape index (κ3) is 4.33. The smallest absolute Gasteiger partial charge is 0.224 e. The molecule has 0 aromatic heterocycles. The lowest BCUT2D eigenvalue weighted by atomic mass is 10.0. The topological polar surface area (TPSA) is 58.4 Å². The Morgan fingerprint density at radius 1 is 1.37 bits per heavy atom. The molecule has 0 radical (unpaired) electrons. The Balaban J connectivity index is 1.74. The van der Waals surface area contributed by atoms with Crippen LogP contribution in [0.25, 0.3) is 0 Å². The average molecular weight is 261 g/mol. The maximum Gasteiger partial charge on any atom is 0.224 e. The lowest BCUT2D eigenvalue weighted by molar-refractivity contribution is -0.120. The number of nitrogens with zero attached hydrogens (tertiary/aromatic N) is 1. The van der Waals surface area contributed by atoms with E-state index in [9.17, 15) is 4.79 Å². The second kappa shape index (κ2) is 6.68. The summed E-state index contributed by atoms with van der Waals surface area (Å²) in [6, 6.07) is 8.59. The molecule has 19 heavy (non-hydrogen) atoms. The molecule has 0 heterocycles. The van der Waals surface area contributed by atoms with Crippen LogP contribution >= 0.6 is 0 Å². The van der Waals surface area contributed by atoms with Crippen molar-refractivity contribution in [3.05, 3.63) is 35.4 Å². The Bertz CT molecular complexity index is 429. The molecule has 104 valence electrons. The third-order valence-corrected chi connectivity index (χ3v) is 3.65. The van der Waals surface area contributed by atoms with Gasteiger partial charge in [0.15, 0.2) is 0 Å². The van der Waals surface area contributed by atoms with Crippen molar-refractivity contribution in [2.75, 3.05) is 20.1 Å². The summed E-state index contributed by atoms with van der Waals surface area (Å²) in [7, 11) is 2.12. The van der Waals surface area contributed by atoms with Gasteiger partial charge in [0.1, 0.15) is 0 Å². The average Bonchev–Trinajstić information content (AvgIpc) is 3.23. The molecule has 2 rings (SSSR count). The summed E-state index contributed by atoms with van der Waals surface area (Å²) in [5.41, 5.74) is 7.74. The molecule has 1 aliphatic carbocycles. The highest BCUT2D eigenvalue weighted by Gasteiger charge is 2.25. The van der Waals surface area contributed by atoms with E-state index >= 15 is 0 Å². The van der Waals surface area contributed by atoms with Crippen molar-refractivity contribution in [1.82, 2.24) is 10.2 Å². The monoisotopic (exact) mass is 261 g/mol. The van der Waals surface area contributed by atoms with Crippen LogP contribution in [0.3, 0.4) is 0 Å². The maximum atomic E-state index is 11.9. The van der Waals surface area contributed by atoms with Gasteiger partial charge in [0.05, 0.1) is 6.42 Å². The summed E-state index contributed by atoms with van der Waals surface area (Å²) in [5.74, 6) is 0.0742. The summed E-state index contributed by atoms with van der Waals surface area (Å²) in [5, 5.41) is 2.97. The van der Waals surface area contributed by atoms with E-state index in [1.807, 2.05) is 24.3 Å². The first-order valence-electron chi connectivity index (χ1n) is 6.94. The van der Waals surface area contributed by atoms with Crippen molar-refractivity contribution in [2.24, 2.45) is 5.73 Å². The lowest BCUT2D eigenvalue weighted by Gasteiger charge is -2.16. The van der Waals surface area contributed by atoms with Gasteiger partial charge in [-0.1, -0.05) is 24.3 Å². The molecule has 1 saturated carbocycles. The van der Waals surface area contributed by atoms with Crippen LogP contribution in [-0.2, 0) is 17.8 Å². The van der Waals surface area contributed by atoms with Gasteiger partial charge in [0.25, 0.3) is 0 Å². The molecule has 4 heteroatoms. The minimum absolute atomic E-state index is 0.0742. The Labute approximate surface area is 115 Å². The predicted molar refractivity (Wildman–Crippen MR) is 76.7 cm³/mol. The van der Waals surface area contributed by atoms with Crippen LogP contribution < -0.4 is 11.1 Å². The van der Waals surface area contributed by atoms with Gasteiger partial charge in [0, 0.05) is 25.7 Å². The number of hydrogen-bond acceptors (Lipinski definition) is 3. The molecule has 1 amide bonds. The number of carbonyl (C=O) groups is 1. The van der Waals surface area contributed by atoms with Gasteiger partial charge in [-0.2, -0.15) is 0 Å². The van der Waals surface area contributed by atoms with E-state index in [1.165, 1.54) is 12.8 Å². The van der Waals surface area contributed by atoms with E-state index in [4.69, 9.17) is 5.73 Å². The summed E-state index contributed by atoms with van der Waals surface area (Å²) in [6.07, 6.45) is 3.02. The highest BCUT2D eigenvalue weighted by Crippen LogP contribution is 2.24. The summed E-state index contributed by atoms with van der Waals surface area (Å²) >= 11 is 0. The summed E-state index contributed by atoms with van der Waals surface area (Å²) in [6.45, 7) is 2.12. The minimum Gasteiger partial charge on any atom is -0.355 e. The first-order chi connectivity index (χ1) is 9.20. The number of benzene rings is 1. The first-order valence-corrected chi connectivity index (χ1v) is 6.94.